The molecule has 14 nitrogen and oxygen atoms in total. The summed E-state index contributed by atoms with van der Waals surface area (Å²) in [4.78, 5) is 35.0. The standard InChI is InChI=1S/C31H33N5O9/c1-4-43-26-15-21(29-28(30(38)42-3)19(2)33-31(39)34-29)11-14-25(26)45-18-27(37)35-32-16-22-7-5-6-8-24(22)44-17-20-9-12-23(13-10-20)36(40)41/h5-16,27,29,35,37H,4,17-18H2,1-3H3,(H2,33,34,39)/b32-16-/t27-,29+/m1/s1. The Labute approximate surface area is 258 Å². The second-order valence-electron chi connectivity index (χ2n) is 9.67. The highest BCUT2D eigenvalue weighted by atomic mass is 16.6. The number of hydrogen-bond donors (Lipinski definition) is 4. The number of nitrogens with zero attached hydrogens (tertiary/aromatic N) is 2. The molecule has 0 saturated heterocycles. The number of carbonyl (C=O) groups excluding carboxylic acids is 2. The summed E-state index contributed by atoms with van der Waals surface area (Å²) in [5.41, 5.74) is 5.19. The maximum absolute atomic E-state index is 12.4. The van der Waals surface area contributed by atoms with Crippen LogP contribution < -0.4 is 30.3 Å². The molecule has 3 aromatic carbocycles. The summed E-state index contributed by atoms with van der Waals surface area (Å²) in [7, 11) is 1.26. The molecule has 45 heavy (non-hydrogen) atoms. The predicted octanol–water partition coefficient (Wildman–Crippen LogP) is 3.69. The van der Waals surface area contributed by atoms with Gasteiger partial charge in [0.2, 0.25) is 0 Å². The molecule has 4 rings (SSSR count). The molecule has 1 aliphatic rings. The van der Waals surface area contributed by atoms with Crippen LogP contribution in [0.2, 0.25) is 0 Å². The number of benzene rings is 3. The molecule has 0 saturated carbocycles. The first kappa shape index (κ1) is 32.3. The number of esters is 1. The van der Waals surface area contributed by atoms with E-state index in [-0.39, 0.29) is 24.5 Å². The number of amides is 2. The lowest BCUT2D eigenvalue weighted by Gasteiger charge is -2.28. The third-order valence-corrected chi connectivity index (χ3v) is 6.56. The fraction of sp³-hybridized carbons (Fsp3) is 0.258. The van der Waals surface area contributed by atoms with Gasteiger partial charge in [0.25, 0.3) is 5.69 Å². The second kappa shape index (κ2) is 15.2. The van der Waals surface area contributed by atoms with Crippen LogP contribution in [0.25, 0.3) is 0 Å². The number of allylic oxidation sites excluding steroid dienone is 1. The van der Waals surface area contributed by atoms with Crippen molar-refractivity contribution >= 4 is 23.9 Å². The van der Waals surface area contributed by atoms with Gasteiger partial charge in [-0.25, -0.2) is 9.59 Å². The molecule has 0 spiro atoms. The maximum atomic E-state index is 12.4. The Morgan fingerprint density at radius 2 is 1.84 bits per heavy atom. The van der Waals surface area contributed by atoms with Crippen molar-refractivity contribution in [1.29, 1.82) is 0 Å². The zero-order valence-electron chi connectivity index (χ0n) is 24.8. The van der Waals surface area contributed by atoms with Crippen molar-refractivity contribution < 1.29 is 38.6 Å². The summed E-state index contributed by atoms with van der Waals surface area (Å²) in [6.07, 6.45) is 0.292. The Hall–Kier alpha value is -5.63. The molecule has 2 atom stereocenters. The number of urea groups is 1. The fourth-order valence-electron chi connectivity index (χ4n) is 4.41. The first-order chi connectivity index (χ1) is 21.7. The molecular formula is C31H33N5O9. The van der Waals surface area contributed by atoms with Crippen LogP contribution in [-0.2, 0) is 16.1 Å². The molecule has 0 bridgehead atoms. The number of ether oxygens (including phenoxy) is 4. The minimum absolute atomic E-state index is 0.0000419. The Morgan fingerprint density at radius 3 is 2.56 bits per heavy atom. The summed E-state index contributed by atoms with van der Waals surface area (Å²) in [6, 6.07) is 16.9. The number of rotatable bonds is 14. The number of para-hydroxylation sites is 1. The lowest BCUT2D eigenvalue weighted by molar-refractivity contribution is -0.384. The molecule has 0 fully saturated rings. The largest absolute Gasteiger partial charge is 0.490 e. The van der Waals surface area contributed by atoms with Crippen molar-refractivity contribution in [3.05, 3.63) is 105 Å². The lowest BCUT2D eigenvalue weighted by atomic mass is 9.95. The summed E-state index contributed by atoms with van der Waals surface area (Å²) in [5, 5.41) is 30.7. The van der Waals surface area contributed by atoms with Gasteiger partial charge in [-0.1, -0.05) is 18.2 Å². The van der Waals surface area contributed by atoms with Crippen LogP contribution in [0.15, 0.2) is 83.1 Å². The van der Waals surface area contributed by atoms with E-state index in [2.05, 4.69) is 21.2 Å². The van der Waals surface area contributed by atoms with E-state index in [0.29, 0.717) is 40.7 Å². The molecule has 0 unspecified atom stereocenters. The molecule has 0 radical (unpaired) electrons. The molecular weight excluding hydrogens is 586 g/mol. The van der Waals surface area contributed by atoms with Gasteiger partial charge in [-0.05, 0) is 61.4 Å². The van der Waals surface area contributed by atoms with Crippen LogP contribution in [0.4, 0.5) is 10.5 Å². The van der Waals surface area contributed by atoms with Gasteiger partial charge in [0.05, 0.1) is 36.5 Å². The van der Waals surface area contributed by atoms with Gasteiger partial charge >= 0.3 is 12.0 Å². The Kier molecular flexibility index (Phi) is 10.9. The van der Waals surface area contributed by atoms with Gasteiger partial charge in [-0.3, -0.25) is 15.5 Å². The average molecular weight is 620 g/mol. The third-order valence-electron chi connectivity index (χ3n) is 6.56. The van der Waals surface area contributed by atoms with Crippen LogP contribution in [0, 0.1) is 10.1 Å². The van der Waals surface area contributed by atoms with Gasteiger partial charge in [-0.15, -0.1) is 0 Å². The first-order valence-electron chi connectivity index (χ1n) is 13.9. The van der Waals surface area contributed by atoms with Crippen LogP contribution in [0.5, 0.6) is 17.2 Å². The smallest absolute Gasteiger partial charge is 0.337 e. The number of nitro benzene ring substituents is 1. The maximum Gasteiger partial charge on any atom is 0.337 e. The zero-order chi connectivity index (χ0) is 32.3. The van der Waals surface area contributed by atoms with Gasteiger partial charge in [-0.2, -0.15) is 5.10 Å². The number of carbonyl (C=O) groups is 2. The van der Waals surface area contributed by atoms with E-state index in [1.165, 1.54) is 25.5 Å². The number of aliphatic hydroxyl groups excluding tert-OH is 1. The Bertz CT molecular complexity index is 1590. The van der Waals surface area contributed by atoms with Gasteiger partial charge in [0, 0.05) is 23.4 Å². The number of methoxy groups -OCH3 is 1. The van der Waals surface area contributed by atoms with Crippen molar-refractivity contribution in [3.8, 4) is 17.2 Å². The van der Waals surface area contributed by atoms with Crippen LogP contribution in [-0.4, -0.2) is 54.8 Å². The number of nitro groups is 1. The van der Waals surface area contributed by atoms with Crippen molar-refractivity contribution in [1.82, 2.24) is 16.1 Å². The molecule has 1 heterocycles. The Morgan fingerprint density at radius 1 is 1.09 bits per heavy atom. The van der Waals surface area contributed by atoms with Crippen molar-refractivity contribution in [3.63, 3.8) is 0 Å². The topological polar surface area (TPSA) is 183 Å². The van der Waals surface area contributed by atoms with E-state index in [9.17, 15) is 24.8 Å². The van der Waals surface area contributed by atoms with Crippen LogP contribution >= 0.6 is 0 Å². The van der Waals surface area contributed by atoms with Crippen LogP contribution in [0.1, 0.15) is 36.6 Å². The number of non-ortho nitro benzene ring substituents is 1. The van der Waals surface area contributed by atoms with Crippen molar-refractivity contribution in [2.24, 2.45) is 5.10 Å². The van der Waals surface area contributed by atoms with E-state index < -0.39 is 29.2 Å². The van der Waals surface area contributed by atoms with Gasteiger partial charge in [0.1, 0.15) is 19.0 Å². The quantitative estimate of drug-likeness (QED) is 0.0683. The minimum Gasteiger partial charge on any atom is -0.490 e. The highest BCUT2D eigenvalue weighted by Gasteiger charge is 2.32. The Balaban J connectivity index is 1.37. The van der Waals surface area contributed by atoms with Crippen molar-refractivity contribution in [2.75, 3.05) is 20.3 Å². The molecule has 1 aliphatic heterocycles. The molecule has 4 N–H and O–H groups in total. The average Bonchev–Trinajstić information content (AvgIpc) is 3.03. The zero-order valence-corrected chi connectivity index (χ0v) is 24.8. The third kappa shape index (κ3) is 8.48. The minimum atomic E-state index is -1.19. The number of hydrazone groups is 1. The van der Waals surface area contributed by atoms with E-state index in [1.54, 1.807) is 68.4 Å². The predicted molar refractivity (Wildman–Crippen MR) is 163 cm³/mol. The molecule has 0 aromatic heterocycles. The summed E-state index contributed by atoms with van der Waals surface area (Å²) < 4.78 is 22.3. The lowest BCUT2D eigenvalue weighted by Crippen LogP contribution is -2.45. The number of hydrogen-bond acceptors (Lipinski definition) is 11. The molecule has 2 amide bonds. The fourth-order valence-corrected chi connectivity index (χ4v) is 4.41. The molecule has 0 aliphatic carbocycles. The monoisotopic (exact) mass is 619 g/mol. The van der Waals surface area contributed by atoms with Gasteiger partial charge < -0.3 is 34.7 Å². The van der Waals surface area contributed by atoms with E-state index in [1.807, 2.05) is 0 Å². The summed E-state index contributed by atoms with van der Waals surface area (Å²) >= 11 is 0. The van der Waals surface area contributed by atoms with E-state index in [4.69, 9.17) is 18.9 Å². The summed E-state index contributed by atoms with van der Waals surface area (Å²) in [5.74, 6) is 0.617. The highest BCUT2D eigenvalue weighted by molar-refractivity contribution is 5.95. The second-order valence-corrected chi connectivity index (χ2v) is 9.67. The molecule has 3 aromatic rings. The van der Waals surface area contributed by atoms with Crippen molar-refractivity contribution in [2.45, 2.75) is 32.7 Å². The van der Waals surface area contributed by atoms with E-state index in [0.717, 1.165) is 5.56 Å². The van der Waals surface area contributed by atoms with Gasteiger partial charge in [0.15, 0.2) is 17.7 Å². The SMILES string of the molecule is CCOc1cc([C@@H]2NC(=O)NC(C)=C2C(=O)OC)ccc1OC[C@@H](O)N/N=C\c1ccccc1OCc1ccc([N+](=O)[O-])cc1. The number of nitrogens with one attached hydrogen (secondary N) is 3. The number of aliphatic hydroxyl groups is 1. The van der Waals surface area contributed by atoms with E-state index >= 15 is 0 Å². The highest BCUT2D eigenvalue weighted by Crippen LogP contribution is 2.35. The van der Waals surface area contributed by atoms with Crippen LogP contribution in [0.3, 0.4) is 0 Å². The summed E-state index contributed by atoms with van der Waals surface area (Å²) in [6.45, 7) is 3.73. The molecule has 14 heteroatoms. The first-order valence-corrected chi connectivity index (χ1v) is 13.9. The normalized spacial score (nSPS) is 15.1. The molecule has 236 valence electrons.